The van der Waals surface area contributed by atoms with Crippen LogP contribution in [-0.2, 0) is 9.63 Å². The Morgan fingerprint density at radius 3 is 2.67 bits per heavy atom. The van der Waals surface area contributed by atoms with Gasteiger partial charge >= 0.3 is 6.03 Å². The van der Waals surface area contributed by atoms with Gasteiger partial charge in [0.1, 0.15) is 11.0 Å². The second-order valence-corrected chi connectivity index (χ2v) is 7.11. The third-order valence-electron chi connectivity index (χ3n) is 3.74. The van der Waals surface area contributed by atoms with Gasteiger partial charge in [-0.3, -0.25) is 9.63 Å². The van der Waals surface area contributed by atoms with Gasteiger partial charge in [0.05, 0.1) is 12.4 Å². The van der Waals surface area contributed by atoms with Crippen molar-refractivity contribution in [2.75, 3.05) is 50.0 Å². The highest BCUT2D eigenvalue weighted by Crippen LogP contribution is 2.22. The molecule has 1 aromatic heterocycles. The summed E-state index contributed by atoms with van der Waals surface area (Å²) in [5.41, 5.74) is 2.32. The Balaban J connectivity index is 1.90. The van der Waals surface area contributed by atoms with E-state index in [2.05, 4.69) is 25.7 Å². The minimum atomic E-state index is -0.265. The Kier molecular flexibility index (Phi) is 8.89. The Morgan fingerprint density at radius 2 is 2.00 bits per heavy atom. The van der Waals surface area contributed by atoms with Crippen LogP contribution in [0.25, 0.3) is 0 Å². The van der Waals surface area contributed by atoms with Gasteiger partial charge in [-0.2, -0.15) is 0 Å². The van der Waals surface area contributed by atoms with E-state index < -0.39 is 0 Å². The third-order valence-corrected chi connectivity index (χ3v) is 4.78. The fourth-order valence-electron chi connectivity index (χ4n) is 2.41. The van der Waals surface area contributed by atoms with Crippen LogP contribution in [0.2, 0.25) is 5.15 Å². The van der Waals surface area contributed by atoms with E-state index in [1.807, 2.05) is 6.92 Å². The number of amides is 3. The molecule has 0 spiro atoms. The molecule has 3 amide bonds. The van der Waals surface area contributed by atoms with Crippen molar-refractivity contribution in [2.45, 2.75) is 25.4 Å². The lowest BCUT2D eigenvalue weighted by Gasteiger charge is -2.35. The van der Waals surface area contributed by atoms with Crippen molar-refractivity contribution in [3.8, 4) is 0 Å². The first-order chi connectivity index (χ1) is 13.0. The molecule has 0 radical (unpaired) electrons. The summed E-state index contributed by atoms with van der Waals surface area (Å²) in [6.45, 7) is 7.41. The number of nitrogens with one attached hydrogen (secondary N) is 2. The molecular weight excluding hydrogens is 392 g/mol. The highest BCUT2D eigenvalue weighted by molar-refractivity contribution is 7.99. The number of rotatable bonds is 8. The molecule has 9 nitrogen and oxygen atoms in total. The molecular formula is C16H25ClN6O3S. The summed E-state index contributed by atoms with van der Waals surface area (Å²) in [4.78, 5) is 41.0. The van der Waals surface area contributed by atoms with Crippen LogP contribution in [0.1, 0.15) is 20.3 Å². The zero-order chi connectivity index (χ0) is 19.6. The maximum Gasteiger partial charge on any atom is 0.317 e. The predicted octanol–water partition coefficient (Wildman–Crippen LogP) is 1.53. The smallest absolute Gasteiger partial charge is 0.317 e. The van der Waals surface area contributed by atoms with E-state index in [1.165, 1.54) is 11.8 Å². The summed E-state index contributed by atoms with van der Waals surface area (Å²) < 4.78 is 0. The summed E-state index contributed by atoms with van der Waals surface area (Å²) in [6, 6.07) is 1.66. The Hall–Kier alpha value is -1.78. The zero-order valence-corrected chi connectivity index (χ0v) is 17.1. The summed E-state index contributed by atoms with van der Waals surface area (Å²) in [5.74, 6) is 0.556. The largest absolute Gasteiger partial charge is 0.353 e. The number of nitrogens with zero attached hydrogens (tertiary/aromatic N) is 4. The van der Waals surface area contributed by atoms with Crippen molar-refractivity contribution < 1.29 is 14.4 Å². The van der Waals surface area contributed by atoms with Gasteiger partial charge in [0.25, 0.3) is 5.91 Å². The van der Waals surface area contributed by atoms with Gasteiger partial charge in [-0.1, -0.05) is 30.3 Å². The fourth-order valence-corrected chi connectivity index (χ4v) is 3.27. The van der Waals surface area contributed by atoms with Gasteiger partial charge in [0.15, 0.2) is 5.16 Å². The van der Waals surface area contributed by atoms with Crippen LogP contribution in [0.5, 0.6) is 0 Å². The average molecular weight is 417 g/mol. The van der Waals surface area contributed by atoms with Crippen molar-refractivity contribution in [3.05, 3.63) is 11.2 Å². The van der Waals surface area contributed by atoms with Crippen LogP contribution in [-0.4, -0.2) is 71.9 Å². The molecule has 1 aromatic rings. The number of anilines is 1. The molecule has 2 rings (SSSR count). The Morgan fingerprint density at radius 1 is 1.26 bits per heavy atom. The van der Waals surface area contributed by atoms with Gasteiger partial charge in [0.2, 0.25) is 0 Å². The van der Waals surface area contributed by atoms with Crippen molar-refractivity contribution in [1.82, 2.24) is 25.7 Å². The van der Waals surface area contributed by atoms with Crippen LogP contribution >= 0.6 is 23.4 Å². The lowest BCUT2D eigenvalue weighted by atomic mass is 10.3. The number of hydrogen-bond donors (Lipinski definition) is 2. The van der Waals surface area contributed by atoms with Gasteiger partial charge in [-0.25, -0.2) is 20.2 Å². The quantitative estimate of drug-likeness (QED) is 0.287. The van der Waals surface area contributed by atoms with Crippen LogP contribution in [0.3, 0.4) is 0 Å². The van der Waals surface area contributed by atoms with E-state index in [9.17, 15) is 9.59 Å². The van der Waals surface area contributed by atoms with Crippen LogP contribution in [0.15, 0.2) is 11.2 Å². The number of piperazine rings is 1. The van der Waals surface area contributed by atoms with Crippen molar-refractivity contribution in [3.63, 3.8) is 0 Å². The normalized spacial score (nSPS) is 14.2. The molecule has 2 N–H and O–H groups in total. The molecule has 11 heteroatoms. The molecule has 1 fully saturated rings. The average Bonchev–Trinajstić information content (AvgIpc) is 2.68. The zero-order valence-electron chi connectivity index (χ0n) is 15.5. The molecule has 150 valence electrons. The van der Waals surface area contributed by atoms with Crippen molar-refractivity contribution >= 4 is 41.1 Å². The molecule has 0 unspecified atom stereocenters. The maximum atomic E-state index is 12.0. The van der Waals surface area contributed by atoms with Gasteiger partial charge in [-0.05, 0) is 13.3 Å². The minimum Gasteiger partial charge on any atom is -0.353 e. The summed E-state index contributed by atoms with van der Waals surface area (Å²) in [5, 5.41) is 3.63. The first kappa shape index (κ1) is 21.5. The highest BCUT2D eigenvalue weighted by Gasteiger charge is 2.22. The van der Waals surface area contributed by atoms with E-state index in [1.54, 1.807) is 17.9 Å². The van der Waals surface area contributed by atoms with Gasteiger partial charge < -0.3 is 15.1 Å². The molecule has 1 aliphatic rings. The molecule has 0 aliphatic carbocycles. The van der Waals surface area contributed by atoms with Crippen molar-refractivity contribution in [2.24, 2.45) is 0 Å². The fraction of sp³-hybridized carbons (Fsp3) is 0.625. The maximum absolute atomic E-state index is 12.0. The van der Waals surface area contributed by atoms with Crippen LogP contribution in [0.4, 0.5) is 10.6 Å². The molecule has 1 saturated heterocycles. The highest BCUT2D eigenvalue weighted by atomic mass is 35.5. The van der Waals surface area contributed by atoms with Crippen LogP contribution in [0, 0.1) is 0 Å². The van der Waals surface area contributed by atoms with E-state index in [0.717, 1.165) is 6.42 Å². The van der Waals surface area contributed by atoms with Gasteiger partial charge in [-0.15, -0.1) is 0 Å². The third kappa shape index (κ3) is 7.04. The summed E-state index contributed by atoms with van der Waals surface area (Å²) in [7, 11) is 0. The molecule has 1 aliphatic heterocycles. The van der Waals surface area contributed by atoms with Crippen LogP contribution < -0.4 is 15.7 Å². The monoisotopic (exact) mass is 416 g/mol. The SMILES string of the molecule is CCCNC(=O)N1CCN(c2cc(Cl)nc(SCC(=O)NOCC)n2)CC1. The van der Waals surface area contributed by atoms with Crippen molar-refractivity contribution in [1.29, 1.82) is 0 Å². The predicted molar refractivity (Wildman–Crippen MR) is 105 cm³/mol. The number of halogens is 1. The summed E-state index contributed by atoms with van der Waals surface area (Å²) >= 11 is 7.30. The molecule has 0 saturated carbocycles. The summed E-state index contributed by atoms with van der Waals surface area (Å²) in [6.07, 6.45) is 0.911. The molecule has 27 heavy (non-hydrogen) atoms. The van der Waals surface area contributed by atoms with E-state index in [-0.39, 0.29) is 17.7 Å². The minimum absolute atomic E-state index is 0.0335. The first-order valence-electron chi connectivity index (χ1n) is 8.89. The second-order valence-electron chi connectivity index (χ2n) is 5.78. The second kappa shape index (κ2) is 11.2. The molecule has 0 atom stereocenters. The number of carbonyl (C=O) groups excluding carboxylic acids is 2. The standard InChI is InChI=1S/C16H25ClN6O3S/c1-3-5-18-16(25)23-8-6-22(7-9-23)13-10-12(17)19-15(20-13)27-11-14(24)21-26-4-2/h10H,3-9,11H2,1-2H3,(H,18,25)(H,21,24). The van der Waals surface area contributed by atoms with E-state index in [0.29, 0.717) is 55.5 Å². The number of hydrogen-bond acceptors (Lipinski definition) is 7. The topological polar surface area (TPSA) is 99.7 Å². The molecule has 2 heterocycles. The Bertz CT molecular complexity index is 643. The number of urea groups is 1. The number of thioether (sulfide) groups is 1. The number of hydroxylamine groups is 1. The number of aromatic nitrogens is 2. The Labute approximate surface area is 168 Å². The van der Waals surface area contributed by atoms with E-state index >= 15 is 0 Å². The molecule has 0 bridgehead atoms. The van der Waals surface area contributed by atoms with Gasteiger partial charge in [0, 0.05) is 38.8 Å². The number of carbonyl (C=O) groups is 2. The lowest BCUT2D eigenvalue weighted by molar-refractivity contribution is -0.130. The molecule has 0 aromatic carbocycles. The lowest BCUT2D eigenvalue weighted by Crippen LogP contribution is -2.52. The van der Waals surface area contributed by atoms with E-state index in [4.69, 9.17) is 16.4 Å². The first-order valence-corrected chi connectivity index (χ1v) is 10.3.